The van der Waals surface area contributed by atoms with Gasteiger partial charge in [0.25, 0.3) is 10.0 Å². The van der Waals surface area contributed by atoms with E-state index >= 15 is 0 Å². The van der Waals surface area contributed by atoms with E-state index in [0.717, 1.165) is 12.1 Å². The van der Waals surface area contributed by atoms with Crippen LogP contribution in [0.15, 0.2) is 102 Å². The Hall–Kier alpha value is -4.38. The fourth-order valence-corrected chi connectivity index (χ4v) is 4.44. The first-order valence-corrected chi connectivity index (χ1v) is 12.0. The number of benzene rings is 3. The summed E-state index contributed by atoms with van der Waals surface area (Å²) in [6.45, 7) is 0. The summed E-state index contributed by atoms with van der Waals surface area (Å²) in [5.41, 5.74) is 0.601. The number of nitrogens with zero attached hydrogens (tertiary/aromatic N) is 1. The maximum atomic E-state index is 13.0. The molecule has 3 aromatic carbocycles. The smallest absolute Gasteiger partial charge is 0.308 e. The number of para-hydroxylation sites is 1. The molecule has 3 N–H and O–H groups in total. The van der Waals surface area contributed by atoms with Crippen LogP contribution in [0.4, 0.5) is 35.0 Å². The van der Waals surface area contributed by atoms with Crippen molar-refractivity contribution in [3.8, 4) is 11.1 Å². The number of amides is 2. The van der Waals surface area contributed by atoms with E-state index in [1.165, 1.54) is 42.7 Å². The Bertz CT molecular complexity index is 1480. The number of nitrogens with one attached hydrogen (secondary N) is 3. The number of aromatic nitrogens is 1. The van der Waals surface area contributed by atoms with Crippen LogP contribution < -0.4 is 15.4 Å². The lowest BCUT2D eigenvalue weighted by molar-refractivity contribution is -0.137. The van der Waals surface area contributed by atoms with Crippen LogP contribution in [0.1, 0.15) is 5.56 Å². The van der Waals surface area contributed by atoms with Gasteiger partial charge in [-0.2, -0.15) is 13.2 Å². The fraction of sp³-hybridized carbons (Fsp3) is 0.0400. The predicted octanol–water partition coefficient (Wildman–Crippen LogP) is 6.21. The van der Waals surface area contributed by atoms with Crippen molar-refractivity contribution in [3.63, 3.8) is 0 Å². The van der Waals surface area contributed by atoms with Gasteiger partial charge < -0.3 is 10.6 Å². The quantitative estimate of drug-likeness (QED) is 0.286. The first kappa shape index (κ1) is 24.7. The first-order chi connectivity index (χ1) is 17.1. The Labute approximate surface area is 205 Å². The Morgan fingerprint density at radius 3 is 2.17 bits per heavy atom. The van der Waals surface area contributed by atoms with Crippen molar-refractivity contribution in [1.29, 1.82) is 0 Å². The predicted molar refractivity (Wildman–Crippen MR) is 131 cm³/mol. The van der Waals surface area contributed by atoms with E-state index in [1.807, 2.05) is 0 Å². The van der Waals surface area contributed by atoms with E-state index in [1.54, 1.807) is 42.5 Å². The van der Waals surface area contributed by atoms with Gasteiger partial charge in [-0.1, -0.05) is 30.3 Å². The minimum atomic E-state index is -4.57. The van der Waals surface area contributed by atoms with Crippen LogP contribution in [-0.4, -0.2) is 19.4 Å². The van der Waals surface area contributed by atoms with Gasteiger partial charge in [-0.25, -0.2) is 13.2 Å². The Balaban J connectivity index is 1.65. The van der Waals surface area contributed by atoms with Gasteiger partial charge in [0.15, 0.2) is 0 Å². The molecule has 0 aliphatic carbocycles. The average molecular weight is 513 g/mol. The highest BCUT2D eigenvalue weighted by molar-refractivity contribution is 7.92. The summed E-state index contributed by atoms with van der Waals surface area (Å²) >= 11 is 0. The number of carbonyl (C=O) groups excluding carboxylic acids is 1. The molecule has 11 heteroatoms. The topological polar surface area (TPSA) is 100 Å². The number of halogens is 3. The number of pyridine rings is 1. The Morgan fingerprint density at radius 1 is 0.778 bits per heavy atom. The second-order valence-electron chi connectivity index (χ2n) is 7.57. The summed E-state index contributed by atoms with van der Waals surface area (Å²) in [5.74, 6) is 0. The highest BCUT2D eigenvalue weighted by atomic mass is 32.2. The highest BCUT2D eigenvalue weighted by Gasteiger charge is 2.30. The maximum Gasteiger partial charge on any atom is 0.416 e. The lowest BCUT2D eigenvalue weighted by Gasteiger charge is -2.15. The van der Waals surface area contributed by atoms with Crippen LogP contribution in [0.25, 0.3) is 11.1 Å². The standard InChI is InChI=1S/C25H19F3N4O3S/c26-25(27,28)18-5-4-8-20(15-18)30-24(33)31-23-16-21(9-10-22(23)17-11-13-29-14-12-17)36(34,35)32-19-6-2-1-3-7-19/h1-16,32H,(H2,30,31,33). The summed E-state index contributed by atoms with van der Waals surface area (Å²) in [5, 5.41) is 4.90. The number of hydrogen-bond acceptors (Lipinski definition) is 4. The Morgan fingerprint density at radius 2 is 1.47 bits per heavy atom. The van der Waals surface area contributed by atoms with Crippen molar-refractivity contribution in [2.75, 3.05) is 15.4 Å². The molecule has 184 valence electrons. The van der Waals surface area contributed by atoms with Crippen molar-refractivity contribution in [2.24, 2.45) is 0 Å². The first-order valence-electron chi connectivity index (χ1n) is 10.5. The monoisotopic (exact) mass is 512 g/mol. The van der Waals surface area contributed by atoms with Crippen LogP contribution in [0.3, 0.4) is 0 Å². The van der Waals surface area contributed by atoms with Gasteiger partial charge in [0.05, 0.1) is 16.1 Å². The highest BCUT2D eigenvalue weighted by Crippen LogP contribution is 2.32. The van der Waals surface area contributed by atoms with Crippen molar-refractivity contribution in [1.82, 2.24) is 4.98 Å². The second-order valence-corrected chi connectivity index (χ2v) is 9.25. The molecular formula is C25H19F3N4O3S. The second kappa shape index (κ2) is 10.1. The summed E-state index contributed by atoms with van der Waals surface area (Å²) < 4.78 is 67.4. The summed E-state index contributed by atoms with van der Waals surface area (Å²) in [4.78, 5) is 16.5. The van der Waals surface area contributed by atoms with Crippen LogP contribution >= 0.6 is 0 Å². The van der Waals surface area contributed by atoms with Crippen LogP contribution in [0.2, 0.25) is 0 Å². The molecule has 0 atom stereocenters. The van der Waals surface area contributed by atoms with E-state index in [9.17, 15) is 26.4 Å². The van der Waals surface area contributed by atoms with Gasteiger partial charge in [-0.3, -0.25) is 9.71 Å². The minimum Gasteiger partial charge on any atom is -0.308 e. The van der Waals surface area contributed by atoms with E-state index in [0.29, 0.717) is 16.8 Å². The molecule has 0 bridgehead atoms. The molecule has 0 aliphatic rings. The van der Waals surface area contributed by atoms with Crippen LogP contribution in [0, 0.1) is 0 Å². The molecule has 7 nitrogen and oxygen atoms in total. The lowest BCUT2D eigenvalue weighted by Crippen LogP contribution is -2.21. The van der Waals surface area contributed by atoms with Crippen molar-refractivity contribution >= 4 is 33.1 Å². The molecule has 0 unspecified atom stereocenters. The maximum absolute atomic E-state index is 13.0. The van der Waals surface area contributed by atoms with E-state index in [2.05, 4.69) is 20.3 Å². The van der Waals surface area contributed by atoms with Crippen LogP contribution in [0.5, 0.6) is 0 Å². The summed E-state index contributed by atoms with van der Waals surface area (Å²) in [6, 6.07) is 19.1. The lowest BCUT2D eigenvalue weighted by atomic mass is 10.1. The van der Waals surface area contributed by atoms with Crippen molar-refractivity contribution in [3.05, 3.63) is 103 Å². The van der Waals surface area contributed by atoms with Gasteiger partial charge in [-0.05, 0) is 60.2 Å². The fourth-order valence-electron chi connectivity index (χ4n) is 3.36. The zero-order valence-electron chi connectivity index (χ0n) is 18.5. The number of hydrogen-bond donors (Lipinski definition) is 3. The molecule has 0 radical (unpaired) electrons. The molecule has 1 heterocycles. The third-order valence-electron chi connectivity index (χ3n) is 5.01. The third kappa shape index (κ3) is 5.99. The number of carbonyl (C=O) groups is 1. The molecule has 0 spiro atoms. The summed E-state index contributed by atoms with van der Waals surface area (Å²) in [6.07, 6.45) is -1.51. The number of alkyl halides is 3. The van der Waals surface area contributed by atoms with Gasteiger partial charge in [0.2, 0.25) is 0 Å². The van der Waals surface area contributed by atoms with Crippen molar-refractivity contribution < 1.29 is 26.4 Å². The number of sulfonamides is 1. The molecule has 0 fully saturated rings. The van der Waals surface area contributed by atoms with Gasteiger partial charge >= 0.3 is 12.2 Å². The minimum absolute atomic E-state index is 0.0812. The molecule has 36 heavy (non-hydrogen) atoms. The van der Waals surface area contributed by atoms with Crippen LogP contribution in [-0.2, 0) is 16.2 Å². The molecular weight excluding hydrogens is 493 g/mol. The zero-order valence-corrected chi connectivity index (χ0v) is 19.3. The molecule has 4 aromatic rings. The van der Waals surface area contributed by atoms with Crippen molar-refractivity contribution in [2.45, 2.75) is 11.1 Å². The van der Waals surface area contributed by atoms with Gasteiger partial charge in [0, 0.05) is 29.3 Å². The number of rotatable bonds is 6. The molecule has 4 rings (SSSR count). The number of anilines is 3. The molecule has 0 saturated heterocycles. The zero-order chi connectivity index (χ0) is 25.8. The van der Waals surface area contributed by atoms with Gasteiger partial charge in [-0.15, -0.1) is 0 Å². The third-order valence-corrected chi connectivity index (χ3v) is 6.39. The van der Waals surface area contributed by atoms with E-state index in [4.69, 9.17) is 0 Å². The van der Waals surface area contributed by atoms with E-state index in [-0.39, 0.29) is 16.3 Å². The number of urea groups is 1. The molecule has 2 amide bonds. The van der Waals surface area contributed by atoms with E-state index < -0.39 is 27.8 Å². The normalized spacial score (nSPS) is 11.5. The largest absolute Gasteiger partial charge is 0.416 e. The SMILES string of the molecule is O=C(Nc1cccc(C(F)(F)F)c1)Nc1cc(S(=O)(=O)Nc2ccccc2)ccc1-c1ccncc1. The molecule has 0 aliphatic heterocycles. The average Bonchev–Trinajstić information content (AvgIpc) is 2.84. The molecule has 0 saturated carbocycles. The Kier molecular flexibility index (Phi) is 6.93. The van der Waals surface area contributed by atoms with Gasteiger partial charge in [0.1, 0.15) is 0 Å². The molecule has 1 aromatic heterocycles. The summed E-state index contributed by atoms with van der Waals surface area (Å²) in [7, 11) is -4.01.